The molecule has 0 unspecified atom stereocenters. The molecule has 1 aromatic heterocycles. The lowest BCUT2D eigenvalue weighted by Gasteiger charge is -2.46. The monoisotopic (exact) mass is 665 g/mol. The molecule has 0 N–H and O–H groups in total. The standard InChI is InChI=1S/C49H35N3/c1-48(2)40-21-11-13-23-42(40)49(43-24-14-12-22-41(43)48)39-20-10-9-19-37(39)38-30-29-36(31-44(38)49)32-25-27-35(28-26-32)47-51-45(33-15-5-3-6-16-33)50-46(52-47)34-17-7-4-8-18-34/h3-31H,1-2H3. The van der Waals surface area contributed by atoms with Gasteiger partial charge in [-0.05, 0) is 61.7 Å². The van der Waals surface area contributed by atoms with Gasteiger partial charge < -0.3 is 0 Å². The second-order valence-electron chi connectivity index (χ2n) is 14.4. The van der Waals surface area contributed by atoms with E-state index in [0.717, 1.165) is 22.3 Å². The number of hydrogen-bond donors (Lipinski definition) is 0. The minimum Gasteiger partial charge on any atom is -0.208 e. The lowest BCUT2D eigenvalue weighted by Crippen LogP contribution is -2.40. The zero-order chi connectivity index (χ0) is 34.9. The first-order valence-electron chi connectivity index (χ1n) is 18.0. The molecular weight excluding hydrogens is 631 g/mol. The van der Waals surface area contributed by atoms with Crippen LogP contribution in [0.2, 0.25) is 0 Å². The summed E-state index contributed by atoms with van der Waals surface area (Å²) in [4.78, 5) is 14.8. The van der Waals surface area contributed by atoms with Gasteiger partial charge in [0.15, 0.2) is 17.5 Å². The fourth-order valence-corrected chi connectivity index (χ4v) is 8.79. The van der Waals surface area contributed by atoms with Crippen molar-refractivity contribution >= 4 is 0 Å². The largest absolute Gasteiger partial charge is 0.208 e. The normalized spacial score (nSPS) is 14.3. The van der Waals surface area contributed by atoms with E-state index in [1.807, 2.05) is 60.7 Å². The molecule has 1 heterocycles. The molecule has 52 heavy (non-hydrogen) atoms. The zero-order valence-corrected chi connectivity index (χ0v) is 29.1. The zero-order valence-electron chi connectivity index (χ0n) is 29.1. The highest BCUT2D eigenvalue weighted by atomic mass is 15.0. The maximum atomic E-state index is 4.96. The number of aromatic nitrogens is 3. The summed E-state index contributed by atoms with van der Waals surface area (Å²) in [7, 11) is 0. The van der Waals surface area contributed by atoms with Gasteiger partial charge in [0.25, 0.3) is 0 Å². The van der Waals surface area contributed by atoms with E-state index in [1.54, 1.807) is 0 Å². The molecule has 10 rings (SSSR count). The van der Waals surface area contributed by atoms with Crippen LogP contribution < -0.4 is 0 Å². The van der Waals surface area contributed by atoms with Crippen LogP contribution in [0.5, 0.6) is 0 Å². The first-order chi connectivity index (χ1) is 25.5. The van der Waals surface area contributed by atoms with E-state index >= 15 is 0 Å². The van der Waals surface area contributed by atoms with Crippen LogP contribution in [0.3, 0.4) is 0 Å². The van der Waals surface area contributed by atoms with Crippen LogP contribution in [0, 0.1) is 0 Å². The highest BCUT2D eigenvalue weighted by molar-refractivity contribution is 5.90. The molecule has 0 fully saturated rings. The lowest BCUT2D eigenvalue weighted by atomic mass is 9.55. The Morgan fingerprint density at radius 2 is 0.692 bits per heavy atom. The lowest BCUT2D eigenvalue weighted by molar-refractivity contribution is 0.563. The van der Waals surface area contributed by atoms with Crippen LogP contribution in [0.4, 0.5) is 0 Å². The molecule has 0 saturated carbocycles. The molecule has 7 aromatic carbocycles. The van der Waals surface area contributed by atoms with Crippen molar-refractivity contribution in [3.8, 4) is 56.4 Å². The molecule has 0 radical (unpaired) electrons. The highest BCUT2D eigenvalue weighted by Gasteiger charge is 2.53. The summed E-state index contributed by atoms with van der Waals surface area (Å²) in [6, 6.07) is 63.2. The first-order valence-corrected chi connectivity index (χ1v) is 18.0. The Labute approximate surface area is 304 Å². The van der Waals surface area contributed by atoms with Crippen molar-refractivity contribution in [3.05, 3.63) is 209 Å². The number of fused-ring (bicyclic) bond motifs is 9. The minimum absolute atomic E-state index is 0.126. The molecule has 246 valence electrons. The predicted octanol–water partition coefficient (Wildman–Crippen LogP) is 11.5. The Bertz CT molecular complexity index is 2530. The van der Waals surface area contributed by atoms with Gasteiger partial charge in [0, 0.05) is 22.1 Å². The van der Waals surface area contributed by atoms with Crippen molar-refractivity contribution in [2.24, 2.45) is 0 Å². The molecule has 2 aliphatic carbocycles. The molecule has 0 saturated heterocycles. The topological polar surface area (TPSA) is 38.7 Å². The van der Waals surface area contributed by atoms with E-state index in [2.05, 4.69) is 129 Å². The predicted molar refractivity (Wildman–Crippen MR) is 211 cm³/mol. The van der Waals surface area contributed by atoms with Gasteiger partial charge >= 0.3 is 0 Å². The average molecular weight is 666 g/mol. The van der Waals surface area contributed by atoms with E-state index < -0.39 is 5.41 Å². The van der Waals surface area contributed by atoms with Crippen molar-refractivity contribution in [3.63, 3.8) is 0 Å². The van der Waals surface area contributed by atoms with E-state index in [1.165, 1.54) is 50.1 Å². The van der Waals surface area contributed by atoms with Crippen LogP contribution in [0.15, 0.2) is 176 Å². The van der Waals surface area contributed by atoms with Gasteiger partial charge in [-0.15, -0.1) is 0 Å². The summed E-state index contributed by atoms with van der Waals surface area (Å²) in [6.45, 7) is 4.74. The van der Waals surface area contributed by atoms with E-state index in [9.17, 15) is 0 Å². The first kappa shape index (κ1) is 30.4. The van der Waals surface area contributed by atoms with Gasteiger partial charge in [-0.2, -0.15) is 0 Å². The molecule has 2 aliphatic rings. The van der Waals surface area contributed by atoms with Crippen LogP contribution in [0.1, 0.15) is 47.2 Å². The van der Waals surface area contributed by atoms with Gasteiger partial charge in [0.2, 0.25) is 0 Å². The Morgan fingerprint density at radius 1 is 0.308 bits per heavy atom. The van der Waals surface area contributed by atoms with E-state index in [-0.39, 0.29) is 5.41 Å². The van der Waals surface area contributed by atoms with E-state index in [0.29, 0.717) is 17.5 Å². The maximum Gasteiger partial charge on any atom is 0.164 e. The fraction of sp³-hybridized carbons (Fsp3) is 0.0816. The number of nitrogens with zero attached hydrogens (tertiary/aromatic N) is 3. The molecule has 8 aromatic rings. The van der Waals surface area contributed by atoms with Crippen molar-refractivity contribution in [2.45, 2.75) is 24.7 Å². The van der Waals surface area contributed by atoms with Gasteiger partial charge in [-0.25, -0.2) is 15.0 Å². The van der Waals surface area contributed by atoms with Gasteiger partial charge in [-0.3, -0.25) is 0 Å². The van der Waals surface area contributed by atoms with E-state index in [4.69, 9.17) is 15.0 Å². The number of benzene rings is 7. The minimum atomic E-state index is -0.420. The molecule has 1 spiro atoms. The summed E-state index contributed by atoms with van der Waals surface area (Å²) in [5, 5.41) is 0. The highest BCUT2D eigenvalue weighted by Crippen LogP contribution is 2.62. The van der Waals surface area contributed by atoms with Crippen molar-refractivity contribution < 1.29 is 0 Å². The summed E-state index contributed by atoms with van der Waals surface area (Å²) < 4.78 is 0. The molecule has 3 heteroatoms. The Morgan fingerprint density at radius 3 is 1.23 bits per heavy atom. The summed E-state index contributed by atoms with van der Waals surface area (Å²) in [6.07, 6.45) is 0. The van der Waals surface area contributed by atoms with Crippen molar-refractivity contribution in [2.75, 3.05) is 0 Å². The number of hydrogen-bond acceptors (Lipinski definition) is 3. The molecular formula is C49H35N3. The Balaban J connectivity index is 1.12. The molecule has 0 amide bonds. The summed E-state index contributed by atoms with van der Waals surface area (Å²) >= 11 is 0. The van der Waals surface area contributed by atoms with Gasteiger partial charge in [0.1, 0.15) is 0 Å². The second-order valence-corrected chi connectivity index (χ2v) is 14.4. The second kappa shape index (κ2) is 11.5. The third kappa shape index (κ3) is 4.42. The summed E-state index contributed by atoms with van der Waals surface area (Å²) in [5.41, 5.74) is 15.5. The Hall–Kier alpha value is -6.45. The molecule has 3 nitrogen and oxygen atoms in total. The molecule has 0 atom stereocenters. The van der Waals surface area contributed by atoms with Crippen molar-refractivity contribution in [1.29, 1.82) is 0 Å². The van der Waals surface area contributed by atoms with Crippen LogP contribution in [-0.4, -0.2) is 15.0 Å². The van der Waals surface area contributed by atoms with Gasteiger partial charge in [0.05, 0.1) is 5.41 Å². The third-order valence-corrected chi connectivity index (χ3v) is 11.2. The fourth-order valence-electron chi connectivity index (χ4n) is 8.79. The summed E-state index contributed by atoms with van der Waals surface area (Å²) in [5.74, 6) is 1.97. The Kier molecular flexibility index (Phi) is 6.74. The van der Waals surface area contributed by atoms with Crippen LogP contribution in [-0.2, 0) is 10.8 Å². The van der Waals surface area contributed by atoms with Crippen LogP contribution in [0.25, 0.3) is 56.4 Å². The molecule has 0 aliphatic heterocycles. The van der Waals surface area contributed by atoms with Gasteiger partial charge in [-0.1, -0.05) is 184 Å². The maximum absolute atomic E-state index is 4.96. The third-order valence-electron chi connectivity index (χ3n) is 11.2. The number of rotatable bonds is 4. The van der Waals surface area contributed by atoms with Crippen molar-refractivity contribution in [1.82, 2.24) is 15.0 Å². The molecule has 0 bridgehead atoms. The SMILES string of the molecule is CC1(C)c2ccccc2C2(c3ccccc3-c3ccc(-c4ccc(-c5nc(-c6ccccc6)nc(-c6ccccc6)n5)cc4)cc32)c2ccccc21. The smallest absolute Gasteiger partial charge is 0.164 e. The average Bonchev–Trinajstić information content (AvgIpc) is 3.51. The van der Waals surface area contributed by atoms with Crippen LogP contribution >= 0.6 is 0 Å². The quantitative estimate of drug-likeness (QED) is 0.188.